The van der Waals surface area contributed by atoms with E-state index in [2.05, 4.69) is 4.98 Å². The van der Waals surface area contributed by atoms with E-state index in [0.717, 1.165) is 22.4 Å². The second-order valence-electron chi connectivity index (χ2n) is 4.07. The average Bonchev–Trinajstić information content (AvgIpc) is 2.34. The maximum absolute atomic E-state index is 5.80. The number of aromatic nitrogens is 1. The minimum absolute atomic E-state index is 0.337. The number of rotatable bonds is 3. The van der Waals surface area contributed by atoms with E-state index in [9.17, 15) is 0 Å². The third-order valence-corrected chi connectivity index (χ3v) is 2.87. The van der Waals surface area contributed by atoms with E-state index in [1.165, 1.54) is 0 Å². The monoisotopic (exact) mass is 258 g/mol. The zero-order chi connectivity index (χ0) is 13.1. The number of hydrogen-bond donors (Lipinski definition) is 1. The first-order valence-corrected chi connectivity index (χ1v) is 5.98. The highest BCUT2D eigenvalue weighted by Gasteiger charge is 2.07. The van der Waals surface area contributed by atoms with Crippen LogP contribution in [0.2, 0.25) is 0 Å². The van der Waals surface area contributed by atoms with Gasteiger partial charge in [-0.1, -0.05) is 30.4 Å². The lowest BCUT2D eigenvalue weighted by Crippen LogP contribution is -2.09. The lowest BCUT2D eigenvalue weighted by Gasteiger charge is -2.11. The summed E-state index contributed by atoms with van der Waals surface area (Å²) in [7, 11) is 0. The molecule has 1 heterocycles. The first-order chi connectivity index (χ1) is 8.58. The van der Waals surface area contributed by atoms with Crippen LogP contribution in [0.5, 0.6) is 11.6 Å². The Balaban J connectivity index is 2.34. The van der Waals surface area contributed by atoms with Crippen LogP contribution in [0.3, 0.4) is 0 Å². The highest BCUT2D eigenvalue weighted by atomic mass is 32.1. The van der Waals surface area contributed by atoms with Crippen molar-refractivity contribution in [2.24, 2.45) is 5.73 Å². The van der Waals surface area contributed by atoms with Gasteiger partial charge in [-0.2, -0.15) is 0 Å². The summed E-state index contributed by atoms with van der Waals surface area (Å²) in [5.74, 6) is 1.32. The molecule has 0 amide bonds. The summed E-state index contributed by atoms with van der Waals surface area (Å²) >= 11 is 4.93. The smallest absolute Gasteiger partial charge is 0.219 e. The molecule has 1 aromatic carbocycles. The van der Waals surface area contributed by atoms with Crippen molar-refractivity contribution in [1.82, 2.24) is 4.98 Å². The van der Waals surface area contributed by atoms with Gasteiger partial charge < -0.3 is 10.5 Å². The van der Waals surface area contributed by atoms with Gasteiger partial charge in [-0.25, -0.2) is 4.98 Å². The fraction of sp³-hybridized carbons (Fsp3) is 0.143. The van der Waals surface area contributed by atoms with Crippen molar-refractivity contribution < 1.29 is 4.74 Å². The number of thiocarbonyl (C=S) groups is 1. The third kappa shape index (κ3) is 2.65. The molecule has 0 unspecified atom stereocenters. The van der Waals surface area contributed by atoms with Gasteiger partial charge in [0.05, 0.1) is 0 Å². The summed E-state index contributed by atoms with van der Waals surface area (Å²) in [5.41, 5.74) is 8.47. The van der Waals surface area contributed by atoms with Crippen LogP contribution in [0, 0.1) is 13.8 Å². The second-order valence-corrected chi connectivity index (χ2v) is 4.51. The van der Waals surface area contributed by atoms with Gasteiger partial charge in [-0.15, -0.1) is 0 Å². The Morgan fingerprint density at radius 1 is 1.22 bits per heavy atom. The Bertz CT molecular complexity index is 576. The Morgan fingerprint density at radius 2 is 1.89 bits per heavy atom. The third-order valence-electron chi connectivity index (χ3n) is 2.63. The maximum atomic E-state index is 5.80. The van der Waals surface area contributed by atoms with Gasteiger partial charge >= 0.3 is 0 Å². The number of pyridine rings is 1. The largest absolute Gasteiger partial charge is 0.438 e. The van der Waals surface area contributed by atoms with Crippen LogP contribution in [-0.4, -0.2) is 9.97 Å². The van der Waals surface area contributed by atoms with E-state index < -0.39 is 0 Å². The molecular weight excluding hydrogens is 244 g/mol. The normalized spacial score (nSPS) is 10.1. The summed E-state index contributed by atoms with van der Waals surface area (Å²) in [4.78, 5) is 4.50. The zero-order valence-electron chi connectivity index (χ0n) is 10.3. The van der Waals surface area contributed by atoms with Crippen molar-refractivity contribution in [3.05, 3.63) is 53.2 Å². The van der Waals surface area contributed by atoms with Crippen LogP contribution in [0.4, 0.5) is 0 Å². The van der Waals surface area contributed by atoms with Crippen molar-refractivity contribution in [3.8, 4) is 11.6 Å². The van der Waals surface area contributed by atoms with Crippen molar-refractivity contribution in [3.63, 3.8) is 0 Å². The summed E-state index contributed by atoms with van der Waals surface area (Å²) in [6.45, 7) is 4.00. The van der Waals surface area contributed by atoms with Gasteiger partial charge in [0.25, 0.3) is 0 Å². The number of hydrogen-bond acceptors (Lipinski definition) is 3. The Hall–Kier alpha value is -1.94. The van der Waals surface area contributed by atoms with Gasteiger partial charge in [0, 0.05) is 17.8 Å². The van der Waals surface area contributed by atoms with Crippen LogP contribution >= 0.6 is 12.2 Å². The molecule has 0 aliphatic rings. The number of para-hydroxylation sites is 1. The number of nitrogens with zero attached hydrogens (tertiary/aromatic N) is 1. The van der Waals surface area contributed by atoms with Gasteiger partial charge in [0.2, 0.25) is 5.88 Å². The Kier molecular flexibility index (Phi) is 3.58. The quantitative estimate of drug-likeness (QED) is 0.859. The number of aryl methyl sites for hydroxylation is 2. The molecular formula is C14H14N2OS. The first-order valence-electron chi connectivity index (χ1n) is 5.58. The number of benzene rings is 1. The zero-order valence-corrected chi connectivity index (χ0v) is 11.1. The molecule has 0 fully saturated rings. The van der Waals surface area contributed by atoms with Crippen LogP contribution in [0.1, 0.15) is 16.7 Å². The van der Waals surface area contributed by atoms with E-state index in [1.807, 2.05) is 32.0 Å². The standard InChI is InChI=1S/C14H14N2OS/c1-9-4-3-5-10(2)13(9)17-12-8-11(14(15)18)6-7-16-12/h3-8H,1-2H3,(H2,15,18). The molecule has 4 heteroatoms. The summed E-state index contributed by atoms with van der Waals surface area (Å²) < 4.78 is 5.80. The first kappa shape index (κ1) is 12.5. The van der Waals surface area contributed by atoms with E-state index in [0.29, 0.717) is 10.9 Å². The molecule has 92 valence electrons. The van der Waals surface area contributed by atoms with E-state index in [4.69, 9.17) is 22.7 Å². The summed E-state index contributed by atoms with van der Waals surface area (Å²) in [5, 5.41) is 0. The molecule has 18 heavy (non-hydrogen) atoms. The molecule has 0 saturated heterocycles. The van der Waals surface area contributed by atoms with Crippen LogP contribution in [-0.2, 0) is 0 Å². The fourth-order valence-electron chi connectivity index (χ4n) is 1.68. The molecule has 0 radical (unpaired) electrons. The minimum atomic E-state index is 0.337. The second kappa shape index (κ2) is 5.14. The molecule has 0 atom stereocenters. The van der Waals surface area contributed by atoms with Gasteiger partial charge in [-0.3, -0.25) is 0 Å². The highest BCUT2D eigenvalue weighted by Crippen LogP contribution is 2.27. The molecule has 0 saturated carbocycles. The van der Waals surface area contributed by atoms with Gasteiger partial charge in [0.15, 0.2) is 0 Å². The summed E-state index contributed by atoms with van der Waals surface area (Å²) in [6.07, 6.45) is 1.64. The lowest BCUT2D eigenvalue weighted by molar-refractivity contribution is 0.456. The van der Waals surface area contributed by atoms with Crippen molar-refractivity contribution >= 4 is 17.2 Å². The molecule has 3 nitrogen and oxygen atoms in total. The van der Waals surface area contributed by atoms with Crippen molar-refractivity contribution in [1.29, 1.82) is 0 Å². The minimum Gasteiger partial charge on any atom is -0.438 e. The van der Waals surface area contributed by atoms with Crippen LogP contribution in [0.25, 0.3) is 0 Å². The lowest BCUT2D eigenvalue weighted by atomic mass is 10.1. The van der Waals surface area contributed by atoms with Crippen molar-refractivity contribution in [2.75, 3.05) is 0 Å². The van der Waals surface area contributed by atoms with E-state index in [1.54, 1.807) is 18.3 Å². The molecule has 0 bridgehead atoms. The molecule has 1 aromatic heterocycles. The maximum Gasteiger partial charge on any atom is 0.219 e. The Morgan fingerprint density at radius 3 is 2.50 bits per heavy atom. The van der Waals surface area contributed by atoms with Gasteiger partial charge in [0.1, 0.15) is 10.7 Å². The molecule has 0 spiro atoms. The predicted molar refractivity (Wildman–Crippen MR) is 76.1 cm³/mol. The number of ether oxygens (including phenoxy) is 1. The average molecular weight is 258 g/mol. The Labute approximate surface area is 112 Å². The van der Waals surface area contributed by atoms with E-state index in [-0.39, 0.29) is 0 Å². The van der Waals surface area contributed by atoms with Crippen LogP contribution < -0.4 is 10.5 Å². The number of nitrogens with two attached hydrogens (primary N) is 1. The van der Waals surface area contributed by atoms with Crippen LogP contribution in [0.15, 0.2) is 36.5 Å². The predicted octanol–water partition coefficient (Wildman–Crippen LogP) is 3.12. The van der Waals surface area contributed by atoms with Gasteiger partial charge in [-0.05, 0) is 31.0 Å². The topological polar surface area (TPSA) is 48.1 Å². The molecule has 2 rings (SSSR count). The fourth-order valence-corrected chi connectivity index (χ4v) is 1.81. The SMILES string of the molecule is Cc1cccc(C)c1Oc1cc(C(N)=S)ccn1. The summed E-state index contributed by atoms with van der Waals surface area (Å²) in [6, 6.07) is 9.50. The molecule has 2 aromatic rings. The highest BCUT2D eigenvalue weighted by molar-refractivity contribution is 7.80. The van der Waals surface area contributed by atoms with Crippen molar-refractivity contribution in [2.45, 2.75) is 13.8 Å². The van der Waals surface area contributed by atoms with E-state index >= 15 is 0 Å². The molecule has 2 N–H and O–H groups in total. The molecule has 0 aliphatic carbocycles. The molecule has 0 aliphatic heterocycles.